The van der Waals surface area contributed by atoms with Crippen LogP contribution in [0.5, 0.6) is 34.5 Å². The maximum absolute atomic E-state index is 13.3. The highest BCUT2D eigenvalue weighted by Crippen LogP contribution is 2.45. The SMILES string of the molecule is CC(=O)Oc1ccc(C(=O)O[C@@H]2Cc3cc(OC(C)=O)ccc3O[C@@H]2c2cc(OC(C)=O)c(OC(C)=O)c(OC(C)=O)c2)cc1. The molecule has 234 valence electrons. The van der Waals surface area contributed by atoms with Gasteiger partial charge in [0.15, 0.2) is 17.6 Å². The van der Waals surface area contributed by atoms with Gasteiger partial charge in [0.1, 0.15) is 23.4 Å². The van der Waals surface area contributed by atoms with Gasteiger partial charge in [0, 0.05) is 52.2 Å². The van der Waals surface area contributed by atoms with Gasteiger partial charge >= 0.3 is 35.8 Å². The van der Waals surface area contributed by atoms with Crippen molar-refractivity contribution in [3.05, 3.63) is 71.3 Å². The normalized spacial score (nSPS) is 15.0. The summed E-state index contributed by atoms with van der Waals surface area (Å²) in [6.07, 6.45) is -2.04. The minimum Gasteiger partial charge on any atom is -0.482 e. The lowest BCUT2D eigenvalue weighted by Gasteiger charge is -2.34. The summed E-state index contributed by atoms with van der Waals surface area (Å²) in [4.78, 5) is 71.8. The number of ether oxygens (including phenoxy) is 7. The van der Waals surface area contributed by atoms with Gasteiger partial charge in [-0.15, -0.1) is 0 Å². The van der Waals surface area contributed by atoms with E-state index in [4.69, 9.17) is 33.2 Å². The summed E-state index contributed by atoms with van der Waals surface area (Å²) in [7, 11) is 0. The predicted octanol–water partition coefficient (Wildman–Crippen LogP) is 4.21. The minimum absolute atomic E-state index is 0.0733. The maximum atomic E-state index is 13.3. The molecule has 1 aliphatic rings. The molecule has 0 aromatic heterocycles. The zero-order chi connectivity index (χ0) is 32.8. The van der Waals surface area contributed by atoms with Gasteiger partial charge in [-0.3, -0.25) is 24.0 Å². The lowest BCUT2D eigenvalue weighted by Crippen LogP contribution is -2.35. The first-order chi connectivity index (χ1) is 21.3. The fraction of sp³-hybridized carbons (Fsp3) is 0.250. The number of carbonyl (C=O) groups is 6. The molecule has 0 saturated heterocycles. The zero-order valence-electron chi connectivity index (χ0n) is 24.9. The van der Waals surface area contributed by atoms with Crippen LogP contribution in [-0.4, -0.2) is 41.9 Å². The molecule has 1 aliphatic heterocycles. The summed E-state index contributed by atoms with van der Waals surface area (Å²) in [5, 5.41) is 0. The van der Waals surface area contributed by atoms with Crippen LogP contribution in [0.1, 0.15) is 62.2 Å². The molecular weight excluding hydrogens is 592 g/mol. The Hall–Kier alpha value is -5.72. The Labute approximate surface area is 256 Å². The smallest absolute Gasteiger partial charge is 0.338 e. The van der Waals surface area contributed by atoms with Crippen LogP contribution in [0.25, 0.3) is 0 Å². The van der Waals surface area contributed by atoms with E-state index in [1.807, 2.05) is 0 Å². The minimum atomic E-state index is -1.07. The fourth-order valence-corrected chi connectivity index (χ4v) is 4.48. The first-order valence-electron chi connectivity index (χ1n) is 13.5. The molecule has 0 fully saturated rings. The third kappa shape index (κ3) is 8.44. The summed E-state index contributed by atoms with van der Waals surface area (Å²) in [5.74, 6) is -4.10. The van der Waals surface area contributed by atoms with Crippen LogP contribution < -0.4 is 28.4 Å². The molecule has 45 heavy (non-hydrogen) atoms. The second-order valence-corrected chi connectivity index (χ2v) is 9.79. The Morgan fingerprint density at radius 3 is 1.67 bits per heavy atom. The molecule has 1 heterocycles. The highest BCUT2D eigenvalue weighted by molar-refractivity contribution is 5.90. The third-order valence-electron chi connectivity index (χ3n) is 6.04. The highest BCUT2D eigenvalue weighted by Gasteiger charge is 2.37. The van der Waals surface area contributed by atoms with E-state index in [1.54, 1.807) is 12.1 Å². The van der Waals surface area contributed by atoms with Crippen molar-refractivity contribution < 1.29 is 61.9 Å². The molecule has 0 radical (unpaired) electrons. The second-order valence-electron chi connectivity index (χ2n) is 9.79. The van der Waals surface area contributed by atoms with E-state index in [0.717, 1.165) is 20.8 Å². The predicted molar refractivity (Wildman–Crippen MR) is 152 cm³/mol. The van der Waals surface area contributed by atoms with Crippen LogP contribution in [0, 0.1) is 0 Å². The molecule has 0 saturated carbocycles. The lowest BCUT2D eigenvalue weighted by atomic mass is 9.93. The lowest BCUT2D eigenvalue weighted by molar-refractivity contribution is -0.135. The van der Waals surface area contributed by atoms with Gasteiger partial charge in [0.05, 0.1) is 5.56 Å². The maximum Gasteiger partial charge on any atom is 0.338 e. The van der Waals surface area contributed by atoms with Crippen molar-refractivity contribution in [2.24, 2.45) is 0 Å². The van der Waals surface area contributed by atoms with Crippen molar-refractivity contribution >= 4 is 35.8 Å². The van der Waals surface area contributed by atoms with E-state index in [-0.39, 0.29) is 46.3 Å². The average molecular weight is 621 g/mol. The highest BCUT2D eigenvalue weighted by atomic mass is 16.6. The molecule has 0 aliphatic carbocycles. The van der Waals surface area contributed by atoms with Gasteiger partial charge in [-0.25, -0.2) is 4.79 Å². The summed E-state index contributed by atoms with van der Waals surface area (Å²) >= 11 is 0. The molecule has 0 unspecified atom stereocenters. The summed E-state index contributed by atoms with van der Waals surface area (Å²) in [6, 6.07) is 13.0. The van der Waals surface area contributed by atoms with Gasteiger partial charge < -0.3 is 33.2 Å². The fourth-order valence-electron chi connectivity index (χ4n) is 4.48. The molecular formula is C32H28O13. The molecule has 4 rings (SSSR count). The van der Waals surface area contributed by atoms with Crippen LogP contribution in [0.3, 0.4) is 0 Å². The molecule has 0 amide bonds. The molecule has 0 bridgehead atoms. The van der Waals surface area contributed by atoms with Gasteiger partial charge in [0.2, 0.25) is 5.75 Å². The Bertz CT molecular complexity index is 1640. The monoisotopic (exact) mass is 620 g/mol. The van der Waals surface area contributed by atoms with Crippen molar-refractivity contribution in [3.8, 4) is 34.5 Å². The molecule has 2 atom stereocenters. The first kappa shape index (κ1) is 32.2. The van der Waals surface area contributed by atoms with Gasteiger partial charge in [0.25, 0.3) is 0 Å². The quantitative estimate of drug-likeness (QED) is 0.260. The Balaban J connectivity index is 1.79. The molecule has 13 heteroatoms. The van der Waals surface area contributed by atoms with Crippen LogP contribution in [0.15, 0.2) is 54.6 Å². The molecule has 0 N–H and O–H groups in total. The van der Waals surface area contributed by atoms with E-state index in [9.17, 15) is 28.8 Å². The number of esters is 6. The van der Waals surface area contributed by atoms with E-state index in [0.29, 0.717) is 11.3 Å². The van der Waals surface area contributed by atoms with E-state index in [2.05, 4.69) is 0 Å². The Kier molecular flexibility index (Phi) is 9.81. The third-order valence-corrected chi connectivity index (χ3v) is 6.04. The average Bonchev–Trinajstić information content (AvgIpc) is 2.93. The van der Waals surface area contributed by atoms with E-state index >= 15 is 0 Å². The Morgan fingerprint density at radius 2 is 1.13 bits per heavy atom. The first-order valence-corrected chi connectivity index (χ1v) is 13.5. The summed E-state index contributed by atoms with van der Waals surface area (Å²) in [5.41, 5.74) is 0.914. The van der Waals surface area contributed by atoms with E-state index in [1.165, 1.54) is 56.3 Å². The standard InChI is InChI=1S/C32H28O13/c1-16(33)39-24-8-6-21(7-9-24)32(38)45-27-13-22-12-25(40-17(2)34)10-11-26(22)44-30(27)23-14-28(41-18(3)35)31(43-20(5)37)29(15-23)42-19(4)36/h6-12,14-15,27,30H,13H2,1-5H3/t27-,30-/m1/s1. The molecule has 13 nitrogen and oxygen atoms in total. The molecule has 3 aromatic carbocycles. The number of hydrogen-bond donors (Lipinski definition) is 0. The van der Waals surface area contributed by atoms with Crippen LogP contribution in [0.2, 0.25) is 0 Å². The van der Waals surface area contributed by atoms with Crippen molar-refractivity contribution in [3.63, 3.8) is 0 Å². The molecule has 0 spiro atoms. The largest absolute Gasteiger partial charge is 0.482 e. The topological polar surface area (TPSA) is 167 Å². The number of hydrogen-bond acceptors (Lipinski definition) is 13. The van der Waals surface area contributed by atoms with Crippen molar-refractivity contribution in [2.45, 2.75) is 53.2 Å². The van der Waals surface area contributed by atoms with Crippen LogP contribution in [-0.2, 0) is 35.1 Å². The summed E-state index contributed by atoms with van der Waals surface area (Å²) in [6.45, 7) is 5.86. The second kappa shape index (κ2) is 13.7. The van der Waals surface area contributed by atoms with Crippen molar-refractivity contribution in [2.75, 3.05) is 0 Å². The van der Waals surface area contributed by atoms with E-state index < -0.39 is 48.0 Å². The Morgan fingerprint density at radius 1 is 0.622 bits per heavy atom. The van der Waals surface area contributed by atoms with Crippen LogP contribution >= 0.6 is 0 Å². The number of carbonyl (C=O) groups excluding carboxylic acids is 6. The zero-order valence-corrected chi connectivity index (χ0v) is 24.9. The van der Waals surface area contributed by atoms with Crippen LogP contribution in [0.4, 0.5) is 0 Å². The van der Waals surface area contributed by atoms with Crippen molar-refractivity contribution in [1.29, 1.82) is 0 Å². The number of fused-ring (bicyclic) bond motifs is 1. The summed E-state index contributed by atoms with van der Waals surface area (Å²) < 4.78 is 38.2. The molecule has 3 aromatic rings. The number of rotatable bonds is 8. The van der Waals surface area contributed by atoms with Gasteiger partial charge in [-0.05, 0) is 54.6 Å². The van der Waals surface area contributed by atoms with Gasteiger partial charge in [-0.1, -0.05) is 0 Å². The number of benzene rings is 3. The van der Waals surface area contributed by atoms with Crippen molar-refractivity contribution in [1.82, 2.24) is 0 Å². The van der Waals surface area contributed by atoms with Gasteiger partial charge in [-0.2, -0.15) is 0 Å².